The molecular weight excluding hydrogens is 214 g/mol. The lowest BCUT2D eigenvalue weighted by Gasteiger charge is -2.02. The molecule has 2 aromatic rings. The zero-order valence-corrected chi connectivity index (χ0v) is 9.50. The van der Waals surface area contributed by atoms with Crippen LogP contribution in [0, 0.1) is 18.5 Å². The molecule has 0 aliphatic rings. The van der Waals surface area contributed by atoms with Crippen LogP contribution in [-0.4, -0.2) is 15.0 Å². The Morgan fingerprint density at radius 3 is 2.79 bits per heavy atom. The van der Waals surface area contributed by atoms with E-state index in [2.05, 4.69) is 15.0 Å². The molecule has 0 radical (unpaired) electrons. The van der Waals surface area contributed by atoms with Crippen molar-refractivity contribution < 1.29 is 0 Å². The molecule has 0 saturated carbocycles. The Balaban J connectivity index is 2.63. The Labute approximate surface area is 90.9 Å². The molecule has 2 rings (SSSR count). The average molecular weight is 223 g/mol. The fraction of sp³-hybridized carbons (Fsp3) is 0.222. The van der Waals surface area contributed by atoms with Gasteiger partial charge in [-0.2, -0.15) is 0 Å². The first-order valence-electron chi connectivity index (χ1n) is 4.14. The van der Waals surface area contributed by atoms with Crippen molar-refractivity contribution in [3.8, 4) is 11.5 Å². The number of nitrogens with one attached hydrogen (secondary N) is 1. The van der Waals surface area contributed by atoms with Crippen LogP contribution < -0.4 is 0 Å². The van der Waals surface area contributed by atoms with Crippen molar-refractivity contribution in [3.05, 3.63) is 26.8 Å². The third kappa shape index (κ3) is 1.60. The largest absolute Gasteiger partial charge is 0.342 e. The molecule has 0 spiro atoms. The summed E-state index contributed by atoms with van der Waals surface area (Å²) in [5.41, 5.74) is 4.71. The lowest BCUT2D eigenvalue weighted by atomic mass is 10.3. The molecule has 0 unspecified atom stereocenters. The molecule has 2 aromatic heterocycles. The van der Waals surface area contributed by atoms with Gasteiger partial charge in [-0.3, -0.25) is 0 Å². The van der Waals surface area contributed by atoms with Gasteiger partial charge in [-0.1, -0.05) is 12.2 Å². The SMILES string of the molecule is Cc1[nH]c(-c2cscn2)nc(=S)c1C. The summed E-state index contributed by atoms with van der Waals surface area (Å²) in [5.74, 6) is 0.749. The van der Waals surface area contributed by atoms with E-state index in [0.29, 0.717) is 4.64 Å². The van der Waals surface area contributed by atoms with Crippen LogP contribution in [0.1, 0.15) is 11.3 Å². The quantitative estimate of drug-likeness (QED) is 0.756. The highest BCUT2D eigenvalue weighted by Gasteiger charge is 2.04. The Morgan fingerprint density at radius 2 is 2.21 bits per heavy atom. The number of H-pyrrole nitrogens is 1. The second-order valence-electron chi connectivity index (χ2n) is 3.01. The Morgan fingerprint density at radius 1 is 1.43 bits per heavy atom. The minimum atomic E-state index is 0.643. The smallest absolute Gasteiger partial charge is 0.158 e. The lowest BCUT2D eigenvalue weighted by molar-refractivity contribution is 1.05. The van der Waals surface area contributed by atoms with Crippen LogP contribution >= 0.6 is 23.6 Å². The van der Waals surface area contributed by atoms with E-state index in [1.54, 1.807) is 16.8 Å². The molecule has 0 atom stereocenters. The van der Waals surface area contributed by atoms with Crippen molar-refractivity contribution >= 4 is 23.6 Å². The third-order valence-electron chi connectivity index (χ3n) is 2.08. The molecule has 14 heavy (non-hydrogen) atoms. The van der Waals surface area contributed by atoms with Gasteiger partial charge in [-0.05, 0) is 13.8 Å². The van der Waals surface area contributed by atoms with Crippen LogP contribution in [-0.2, 0) is 0 Å². The predicted octanol–water partition coefficient (Wildman–Crippen LogP) is 2.88. The van der Waals surface area contributed by atoms with Crippen molar-refractivity contribution in [3.63, 3.8) is 0 Å². The fourth-order valence-electron chi connectivity index (χ4n) is 1.10. The second-order valence-corrected chi connectivity index (χ2v) is 4.12. The number of nitrogens with zero attached hydrogens (tertiary/aromatic N) is 2. The van der Waals surface area contributed by atoms with E-state index in [-0.39, 0.29) is 0 Å². The average Bonchev–Trinajstić information content (AvgIpc) is 2.66. The van der Waals surface area contributed by atoms with E-state index in [0.717, 1.165) is 22.8 Å². The third-order valence-corrected chi connectivity index (χ3v) is 3.06. The molecule has 0 saturated heterocycles. The summed E-state index contributed by atoms with van der Waals surface area (Å²) >= 11 is 6.69. The Kier molecular flexibility index (Phi) is 2.43. The molecule has 3 nitrogen and oxygen atoms in total. The van der Waals surface area contributed by atoms with E-state index < -0.39 is 0 Å². The maximum absolute atomic E-state index is 5.15. The molecule has 0 amide bonds. The van der Waals surface area contributed by atoms with Crippen LogP contribution in [0.4, 0.5) is 0 Å². The van der Waals surface area contributed by atoms with Crippen molar-refractivity contribution in [1.82, 2.24) is 15.0 Å². The maximum atomic E-state index is 5.15. The first-order valence-corrected chi connectivity index (χ1v) is 5.49. The number of aromatic amines is 1. The topological polar surface area (TPSA) is 41.6 Å². The van der Waals surface area contributed by atoms with Gasteiger partial charge in [0.2, 0.25) is 0 Å². The highest BCUT2D eigenvalue weighted by Crippen LogP contribution is 2.16. The van der Waals surface area contributed by atoms with Gasteiger partial charge in [0.1, 0.15) is 10.3 Å². The minimum absolute atomic E-state index is 0.643. The van der Waals surface area contributed by atoms with Crippen molar-refractivity contribution in [2.24, 2.45) is 0 Å². The summed E-state index contributed by atoms with van der Waals surface area (Å²) in [5, 5.41) is 1.95. The van der Waals surface area contributed by atoms with Gasteiger partial charge in [-0.25, -0.2) is 9.97 Å². The van der Waals surface area contributed by atoms with Gasteiger partial charge < -0.3 is 4.98 Å². The first-order chi connectivity index (χ1) is 6.68. The lowest BCUT2D eigenvalue weighted by Crippen LogP contribution is -1.96. The summed E-state index contributed by atoms with van der Waals surface area (Å²) in [6.45, 7) is 3.95. The first kappa shape index (κ1) is 9.48. The van der Waals surface area contributed by atoms with Gasteiger partial charge in [-0.15, -0.1) is 11.3 Å². The monoisotopic (exact) mass is 223 g/mol. The van der Waals surface area contributed by atoms with Gasteiger partial charge in [0, 0.05) is 16.6 Å². The summed E-state index contributed by atoms with van der Waals surface area (Å²) in [6, 6.07) is 0. The highest BCUT2D eigenvalue weighted by molar-refractivity contribution is 7.71. The molecule has 2 heterocycles. The Hall–Kier alpha value is -1.07. The second kappa shape index (κ2) is 3.59. The molecule has 1 N–H and O–H groups in total. The summed E-state index contributed by atoms with van der Waals surface area (Å²) in [7, 11) is 0. The Bertz CT molecular complexity index is 499. The van der Waals surface area contributed by atoms with Gasteiger partial charge in [0.05, 0.1) is 5.51 Å². The molecule has 72 valence electrons. The normalized spacial score (nSPS) is 10.4. The van der Waals surface area contributed by atoms with E-state index in [1.807, 2.05) is 19.2 Å². The van der Waals surface area contributed by atoms with Crippen molar-refractivity contribution in [2.75, 3.05) is 0 Å². The zero-order chi connectivity index (χ0) is 10.1. The molecule has 0 aliphatic carbocycles. The number of aryl methyl sites for hydroxylation is 1. The van der Waals surface area contributed by atoms with Gasteiger partial charge in [0.25, 0.3) is 0 Å². The molecule has 0 aliphatic heterocycles. The standard InChI is InChI=1S/C9H9N3S2/c1-5-6(2)11-8(12-9(5)13)7-3-14-4-10-7/h3-4H,1-2H3,(H,11,12,13). The number of rotatable bonds is 1. The molecule has 0 aromatic carbocycles. The van der Waals surface area contributed by atoms with Crippen LogP contribution in [0.15, 0.2) is 10.9 Å². The highest BCUT2D eigenvalue weighted by atomic mass is 32.1. The van der Waals surface area contributed by atoms with Crippen LogP contribution in [0.2, 0.25) is 0 Å². The summed E-state index contributed by atoms with van der Waals surface area (Å²) < 4.78 is 0.643. The number of aromatic nitrogens is 3. The van der Waals surface area contributed by atoms with E-state index in [9.17, 15) is 0 Å². The van der Waals surface area contributed by atoms with E-state index in [1.165, 1.54) is 0 Å². The molecular formula is C9H9N3S2. The van der Waals surface area contributed by atoms with Crippen LogP contribution in [0.25, 0.3) is 11.5 Å². The predicted molar refractivity (Wildman–Crippen MR) is 60.0 cm³/mol. The van der Waals surface area contributed by atoms with Crippen molar-refractivity contribution in [2.45, 2.75) is 13.8 Å². The fourth-order valence-corrected chi connectivity index (χ4v) is 1.88. The zero-order valence-electron chi connectivity index (χ0n) is 7.87. The van der Waals surface area contributed by atoms with Gasteiger partial charge in [0.15, 0.2) is 5.82 Å². The molecule has 0 bridgehead atoms. The van der Waals surface area contributed by atoms with E-state index >= 15 is 0 Å². The minimum Gasteiger partial charge on any atom is -0.342 e. The van der Waals surface area contributed by atoms with Crippen LogP contribution in [0.5, 0.6) is 0 Å². The number of thiazole rings is 1. The summed E-state index contributed by atoms with van der Waals surface area (Å²) in [6.07, 6.45) is 0. The van der Waals surface area contributed by atoms with Crippen molar-refractivity contribution in [1.29, 1.82) is 0 Å². The van der Waals surface area contributed by atoms with Gasteiger partial charge >= 0.3 is 0 Å². The maximum Gasteiger partial charge on any atom is 0.158 e. The number of hydrogen-bond donors (Lipinski definition) is 1. The molecule has 0 fully saturated rings. The number of hydrogen-bond acceptors (Lipinski definition) is 4. The summed E-state index contributed by atoms with van der Waals surface area (Å²) in [4.78, 5) is 11.6. The molecule has 5 heteroatoms. The van der Waals surface area contributed by atoms with E-state index in [4.69, 9.17) is 12.2 Å². The van der Waals surface area contributed by atoms with Crippen LogP contribution in [0.3, 0.4) is 0 Å².